The summed E-state index contributed by atoms with van der Waals surface area (Å²) < 4.78 is 33.4. The Balaban J connectivity index is 1.68. The highest BCUT2D eigenvalue weighted by Crippen LogP contribution is 2.21. The normalized spacial score (nSPS) is 32.1. The van der Waals surface area contributed by atoms with Gasteiger partial charge in [-0.1, -0.05) is 0 Å². The molecule has 0 spiro atoms. The lowest BCUT2D eigenvalue weighted by Crippen LogP contribution is -2.45. The maximum Gasteiger partial charge on any atom is 0.315 e. The Morgan fingerprint density at radius 3 is 2.68 bits per heavy atom. The molecule has 2 atom stereocenters. The van der Waals surface area contributed by atoms with Crippen molar-refractivity contribution in [3.63, 3.8) is 0 Å². The fourth-order valence-corrected chi connectivity index (χ4v) is 3.89. The molecule has 2 rings (SSSR count). The maximum atomic E-state index is 11.6. The van der Waals surface area contributed by atoms with Crippen LogP contribution < -0.4 is 10.6 Å². The van der Waals surface area contributed by atoms with E-state index in [4.69, 9.17) is 9.47 Å². The topological polar surface area (TPSA) is 93.7 Å². The molecule has 8 heteroatoms. The van der Waals surface area contributed by atoms with Gasteiger partial charge in [0, 0.05) is 12.6 Å². The number of amides is 2. The van der Waals surface area contributed by atoms with Crippen LogP contribution in [0.3, 0.4) is 0 Å². The van der Waals surface area contributed by atoms with Gasteiger partial charge in [-0.3, -0.25) is 0 Å². The number of rotatable bonds is 3. The molecule has 2 amide bonds. The van der Waals surface area contributed by atoms with Crippen molar-refractivity contribution in [3.8, 4) is 0 Å². The largest absolute Gasteiger partial charge is 0.348 e. The molecule has 7 nitrogen and oxygen atoms in total. The van der Waals surface area contributed by atoms with Gasteiger partial charge >= 0.3 is 6.03 Å². The molecule has 19 heavy (non-hydrogen) atoms. The van der Waals surface area contributed by atoms with Crippen LogP contribution in [-0.4, -0.2) is 57.0 Å². The van der Waals surface area contributed by atoms with Crippen LogP contribution in [0.15, 0.2) is 0 Å². The zero-order chi connectivity index (χ0) is 14.1. The number of carbonyl (C=O) groups excluding carboxylic acids is 1. The van der Waals surface area contributed by atoms with E-state index in [9.17, 15) is 13.2 Å². The Morgan fingerprint density at radius 1 is 1.42 bits per heavy atom. The molecule has 0 saturated carbocycles. The summed E-state index contributed by atoms with van der Waals surface area (Å²) in [4.78, 5) is 11.6. The van der Waals surface area contributed by atoms with Gasteiger partial charge < -0.3 is 20.1 Å². The third kappa shape index (κ3) is 4.32. The van der Waals surface area contributed by atoms with Crippen molar-refractivity contribution in [2.45, 2.75) is 38.2 Å². The summed E-state index contributed by atoms with van der Waals surface area (Å²) >= 11 is 0. The Kier molecular flexibility index (Phi) is 4.03. The number of urea groups is 1. The van der Waals surface area contributed by atoms with Gasteiger partial charge in [0.25, 0.3) is 0 Å². The summed E-state index contributed by atoms with van der Waals surface area (Å²) in [7, 11) is -2.97. The Bertz CT molecular complexity index is 448. The van der Waals surface area contributed by atoms with Gasteiger partial charge in [0.15, 0.2) is 15.6 Å². The third-order valence-corrected chi connectivity index (χ3v) is 4.89. The smallest absolute Gasteiger partial charge is 0.315 e. The summed E-state index contributed by atoms with van der Waals surface area (Å²) in [6.07, 6.45) is 0.305. The molecule has 2 heterocycles. The first-order chi connectivity index (χ1) is 8.76. The molecule has 2 fully saturated rings. The highest BCUT2D eigenvalue weighted by molar-refractivity contribution is 7.91. The number of carbonyl (C=O) groups is 1. The van der Waals surface area contributed by atoms with E-state index in [1.807, 2.05) is 13.8 Å². The van der Waals surface area contributed by atoms with Gasteiger partial charge in [-0.25, -0.2) is 13.2 Å². The number of sulfone groups is 1. The predicted octanol–water partition coefficient (Wildman–Crippen LogP) is -0.376. The molecule has 2 aliphatic rings. The fraction of sp³-hybridized carbons (Fsp3) is 0.909. The van der Waals surface area contributed by atoms with Crippen LogP contribution in [0.4, 0.5) is 4.79 Å². The van der Waals surface area contributed by atoms with Crippen LogP contribution in [0, 0.1) is 0 Å². The molecular formula is C11H20N2O5S. The Morgan fingerprint density at radius 2 is 2.16 bits per heavy atom. The second-order valence-corrected chi connectivity index (χ2v) is 7.63. The molecule has 110 valence electrons. The second-order valence-electron chi connectivity index (χ2n) is 5.41. The first kappa shape index (κ1) is 14.5. The van der Waals surface area contributed by atoms with Crippen LogP contribution in [0.5, 0.6) is 0 Å². The number of hydrogen-bond acceptors (Lipinski definition) is 5. The Labute approximate surface area is 112 Å². The van der Waals surface area contributed by atoms with Crippen molar-refractivity contribution in [2.75, 3.05) is 24.7 Å². The lowest BCUT2D eigenvalue weighted by atomic mass is 10.3. The summed E-state index contributed by atoms with van der Waals surface area (Å²) in [6, 6.07) is -0.655. The standard InChI is InChI=1S/C11H20N2O5S/c1-11(2)17-6-9(18-11)5-12-10(14)13-8-3-4-19(15,16)7-8/h8-9H,3-7H2,1-2H3,(H2,12,13,14)/t8-,9+/m0/s1. The van der Waals surface area contributed by atoms with E-state index in [-0.39, 0.29) is 29.7 Å². The van der Waals surface area contributed by atoms with Gasteiger partial charge in [0.1, 0.15) is 6.10 Å². The van der Waals surface area contributed by atoms with Gasteiger partial charge in [0.05, 0.1) is 18.1 Å². The lowest BCUT2D eigenvalue weighted by molar-refractivity contribution is -0.137. The van der Waals surface area contributed by atoms with Crippen LogP contribution in [0.2, 0.25) is 0 Å². The van der Waals surface area contributed by atoms with Crippen LogP contribution in [-0.2, 0) is 19.3 Å². The van der Waals surface area contributed by atoms with E-state index in [2.05, 4.69) is 10.6 Å². The summed E-state index contributed by atoms with van der Waals surface area (Å²) in [6.45, 7) is 4.41. The minimum atomic E-state index is -2.97. The van der Waals surface area contributed by atoms with Crippen LogP contribution in [0.25, 0.3) is 0 Å². The predicted molar refractivity (Wildman–Crippen MR) is 68.5 cm³/mol. The van der Waals surface area contributed by atoms with Gasteiger partial charge in [0.2, 0.25) is 0 Å². The van der Waals surface area contributed by atoms with Crippen molar-refractivity contribution in [2.24, 2.45) is 0 Å². The highest BCUT2D eigenvalue weighted by Gasteiger charge is 2.33. The van der Waals surface area contributed by atoms with Crippen molar-refractivity contribution >= 4 is 15.9 Å². The molecule has 0 aromatic heterocycles. The zero-order valence-corrected chi connectivity index (χ0v) is 12.0. The average molecular weight is 292 g/mol. The molecule has 0 aromatic rings. The number of ether oxygens (including phenoxy) is 2. The monoisotopic (exact) mass is 292 g/mol. The molecule has 2 saturated heterocycles. The van der Waals surface area contributed by atoms with Gasteiger partial charge in [-0.05, 0) is 20.3 Å². The van der Waals surface area contributed by atoms with E-state index in [1.165, 1.54) is 0 Å². The summed E-state index contributed by atoms with van der Waals surface area (Å²) in [5.41, 5.74) is 0. The molecule has 0 aromatic carbocycles. The van der Waals surface area contributed by atoms with E-state index >= 15 is 0 Å². The SMILES string of the molecule is CC1(C)OC[C@@H](CNC(=O)N[C@H]2CCS(=O)(=O)C2)O1. The minimum Gasteiger partial charge on any atom is -0.348 e. The summed E-state index contributed by atoms with van der Waals surface area (Å²) in [5.74, 6) is -0.440. The molecule has 2 aliphatic heterocycles. The fourth-order valence-electron chi connectivity index (χ4n) is 2.22. The maximum absolute atomic E-state index is 11.6. The van der Waals surface area contributed by atoms with E-state index in [0.717, 1.165) is 0 Å². The molecular weight excluding hydrogens is 272 g/mol. The second kappa shape index (κ2) is 5.26. The number of nitrogens with one attached hydrogen (secondary N) is 2. The highest BCUT2D eigenvalue weighted by atomic mass is 32.2. The van der Waals surface area contributed by atoms with Crippen molar-refractivity contribution in [1.29, 1.82) is 0 Å². The van der Waals surface area contributed by atoms with E-state index < -0.39 is 15.6 Å². The first-order valence-corrected chi connectivity index (χ1v) is 8.14. The molecule has 0 radical (unpaired) electrons. The van der Waals surface area contributed by atoms with Crippen LogP contribution >= 0.6 is 0 Å². The molecule has 0 aliphatic carbocycles. The summed E-state index contributed by atoms with van der Waals surface area (Å²) in [5, 5.41) is 5.32. The minimum absolute atomic E-state index is 0.0243. The van der Waals surface area contributed by atoms with Crippen LogP contribution in [0.1, 0.15) is 20.3 Å². The average Bonchev–Trinajstić information content (AvgIpc) is 2.78. The van der Waals surface area contributed by atoms with Crippen molar-refractivity contribution in [1.82, 2.24) is 10.6 Å². The third-order valence-electron chi connectivity index (χ3n) is 3.13. The quantitative estimate of drug-likeness (QED) is 0.740. The molecule has 0 bridgehead atoms. The lowest BCUT2D eigenvalue weighted by Gasteiger charge is -2.18. The van der Waals surface area contributed by atoms with E-state index in [0.29, 0.717) is 19.6 Å². The Hall–Kier alpha value is -0.860. The molecule has 2 N–H and O–H groups in total. The first-order valence-electron chi connectivity index (χ1n) is 6.32. The van der Waals surface area contributed by atoms with Crippen molar-refractivity contribution in [3.05, 3.63) is 0 Å². The zero-order valence-electron chi connectivity index (χ0n) is 11.1. The van der Waals surface area contributed by atoms with Gasteiger partial charge in [-0.15, -0.1) is 0 Å². The number of hydrogen-bond donors (Lipinski definition) is 2. The van der Waals surface area contributed by atoms with Crippen molar-refractivity contribution < 1.29 is 22.7 Å². The molecule has 0 unspecified atom stereocenters. The van der Waals surface area contributed by atoms with Gasteiger partial charge in [-0.2, -0.15) is 0 Å². The van der Waals surface area contributed by atoms with E-state index in [1.54, 1.807) is 0 Å².